The molecule has 1 heterocycles. The highest BCUT2D eigenvalue weighted by atomic mass is 19.1. The van der Waals surface area contributed by atoms with Gasteiger partial charge in [-0.15, -0.1) is 0 Å². The van der Waals surface area contributed by atoms with Crippen molar-refractivity contribution in [2.75, 3.05) is 0 Å². The standard InChI is InChI=1S/C14H9FN2O/c15-12-5-3-10(4-6-12)14(18)13(8-16)11-2-1-7-17-9-11/h1-7,9,13H/t13-/m0/s1. The van der Waals surface area contributed by atoms with Gasteiger partial charge in [0, 0.05) is 18.0 Å². The number of halogens is 1. The molecule has 1 aromatic carbocycles. The predicted molar refractivity (Wildman–Crippen MR) is 63.3 cm³/mol. The summed E-state index contributed by atoms with van der Waals surface area (Å²) in [6.45, 7) is 0. The Kier molecular flexibility index (Phi) is 3.44. The van der Waals surface area contributed by atoms with Crippen molar-refractivity contribution in [1.82, 2.24) is 4.98 Å². The first kappa shape index (κ1) is 11.9. The molecule has 0 aliphatic heterocycles. The molecule has 3 nitrogen and oxygen atoms in total. The fraction of sp³-hybridized carbons (Fsp3) is 0.0714. The van der Waals surface area contributed by atoms with Crippen LogP contribution < -0.4 is 0 Å². The van der Waals surface area contributed by atoms with E-state index in [9.17, 15) is 9.18 Å². The number of nitriles is 1. The Labute approximate surface area is 104 Å². The van der Waals surface area contributed by atoms with Gasteiger partial charge in [-0.25, -0.2) is 4.39 Å². The van der Waals surface area contributed by atoms with Crippen molar-refractivity contribution >= 4 is 5.78 Å². The van der Waals surface area contributed by atoms with Gasteiger partial charge < -0.3 is 0 Å². The van der Waals surface area contributed by atoms with E-state index < -0.39 is 11.7 Å². The first-order chi connectivity index (χ1) is 8.72. The molecule has 1 aromatic heterocycles. The highest BCUT2D eigenvalue weighted by molar-refractivity contribution is 6.02. The van der Waals surface area contributed by atoms with Crippen molar-refractivity contribution in [1.29, 1.82) is 5.26 Å². The van der Waals surface area contributed by atoms with Crippen LogP contribution in [-0.4, -0.2) is 10.8 Å². The molecule has 18 heavy (non-hydrogen) atoms. The number of benzene rings is 1. The van der Waals surface area contributed by atoms with E-state index in [1.54, 1.807) is 18.3 Å². The molecule has 2 rings (SSSR count). The summed E-state index contributed by atoms with van der Waals surface area (Å²) in [7, 11) is 0. The Balaban J connectivity index is 2.32. The van der Waals surface area contributed by atoms with Crippen LogP contribution in [0.3, 0.4) is 0 Å². The molecular weight excluding hydrogens is 231 g/mol. The number of nitrogens with zero attached hydrogens (tertiary/aromatic N) is 2. The van der Waals surface area contributed by atoms with Crippen molar-refractivity contribution in [2.45, 2.75) is 5.92 Å². The Bertz CT molecular complexity index is 587. The van der Waals surface area contributed by atoms with Crippen molar-refractivity contribution in [3.63, 3.8) is 0 Å². The number of aromatic nitrogens is 1. The highest BCUT2D eigenvalue weighted by Crippen LogP contribution is 2.19. The van der Waals surface area contributed by atoms with Crippen molar-refractivity contribution in [3.8, 4) is 6.07 Å². The van der Waals surface area contributed by atoms with Gasteiger partial charge >= 0.3 is 0 Å². The maximum atomic E-state index is 12.8. The number of rotatable bonds is 3. The normalized spacial score (nSPS) is 11.6. The van der Waals surface area contributed by atoms with Gasteiger partial charge in [-0.2, -0.15) is 5.26 Å². The summed E-state index contributed by atoms with van der Waals surface area (Å²) in [5.41, 5.74) is 0.848. The van der Waals surface area contributed by atoms with Gasteiger partial charge in [-0.05, 0) is 35.9 Å². The summed E-state index contributed by atoms with van der Waals surface area (Å²) in [5.74, 6) is -1.68. The number of hydrogen-bond acceptors (Lipinski definition) is 3. The number of carbonyl (C=O) groups is 1. The predicted octanol–water partition coefficient (Wildman–Crippen LogP) is 2.71. The summed E-state index contributed by atoms with van der Waals surface area (Å²) in [4.78, 5) is 16.0. The van der Waals surface area contributed by atoms with E-state index in [1.165, 1.54) is 30.5 Å². The summed E-state index contributed by atoms with van der Waals surface area (Å²) in [5, 5.41) is 9.09. The molecule has 0 unspecified atom stereocenters. The molecule has 1 atom stereocenters. The largest absolute Gasteiger partial charge is 0.292 e. The monoisotopic (exact) mass is 240 g/mol. The zero-order valence-electron chi connectivity index (χ0n) is 9.38. The molecule has 0 spiro atoms. The van der Waals surface area contributed by atoms with Crippen molar-refractivity contribution < 1.29 is 9.18 Å². The van der Waals surface area contributed by atoms with E-state index >= 15 is 0 Å². The van der Waals surface area contributed by atoms with E-state index in [0.29, 0.717) is 11.1 Å². The molecule has 0 N–H and O–H groups in total. The molecular formula is C14H9FN2O. The lowest BCUT2D eigenvalue weighted by molar-refractivity contribution is 0.0978. The Morgan fingerprint density at radius 1 is 1.28 bits per heavy atom. The average molecular weight is 240 g/mol. The molecule has 2 aromatic rings. The summed E-state index contributed by atoms with van der Waals surface area (Å²) >= 11 is 0. The minimum absolute atomic E-state index is 0.312. The van der Waals surface area contributed by atoms with Crippen LogP contribution in [0.4, 0.5) is 4.39 Å². The van der Waals surface area contributed by atoms with E-state index in [4.69, 9.17) is 5.26 Å². The second-order valence-electron chi connectivity index (χ2n) is 3.72. The fourth-order valence-corrected chi connectivity index (χ4v) is 1.61. The first-order valence-electron chi connectivity index (χ1n) is 5.31. The van der Waals surface area contributed by atoms with Crippen LogP contribution in [0.15, 0.2) is 48.8 Å². The molecule has 0 saturated heterocycles. The Hall–Kier alpha value is -2.54. The van der Waals surface area contributed by atoms with Crippen LogP contribution >= 0.6 is 0 Å². The molecule has 0 fully saturated rings. The van der Waals surface area contributed by atoms with Gasteiger partial charge in [0.05, 0.1) is 6.07 Å². The minimum Gasteiger partial charge on any atom is -0.292 e. The average Bonchev–Trinajstić information content (AvgIpc) is 2.41. The second-order valence-corrected chi connectivity index (χ2v) is 3.72. The number of carbonyl (C=O) groups excluding carboxylic acids is 1. The maximum absolute atomic E-state index is 12.8. The first-order valence-corrected chi connectivity index (χ1v) is 5.31. The molecule has 0 saturated carbocycles. The van der Waals surface area contributed by atoms with Crippen LogP contribution in [0.5, 0.6) is 0 Å². The lowest BCUT2D eigenvalue weighted by Gasteiger charge is -2.07. The van der Waals surface area contributed by atoms with Crippen LogP contribution in [0.1, 0.15) is 21.8 Å². The third kappa shape index (κ3) is 2.41. The maximum Gasteiger partial charge on any atom is 0.184 e. The topological polar surface area (TPSA) is 53.8 Å². The lowest BCUT2D eigenvalue weighted by Crippen LogP contribution is -2.11. The van der Waals surface area contributed by atoms with Crippen LogP contribution in [-0.2, 0) is 0 Å². The van der Waals surface area contributed by atoms with E-state index in [1.807, 2.05) is 6.07 Å². The van der Waals surface area contributed by atoms with Gasteiger partial charge in [-0.3, -0.25) is 9.78 Å². The van der Waals surface area contributed by atoms with Gasteiger partial charge in [0.25, 0.3) is 0 Å². The zero-order valence-corrected chi connectivity index (χ0v) is 9.38. The number of hydrogen-bond donors (Lipinski definition) is 0. The SMILES string of the molecule is N#C[C@H](C(=O)c1ccc(F)cc1)c1cccnc1. The molecule has 0 bridgehead atoms. The third-order valence-corrected chi connectivity index (χ3v) is 2.54. The van der Waals surface area contributed by atoms with Gasteiger partial charge in [0.2, 0.25) is 0 Å². The molecule has 0 aliphatic rings. The molecule has 88 valence electrons. The Morgan fingerprint density at radius 2 is 2.00 bits per heavy atom. The van der Waals surface area contributed by atoms with Gasteiger partial charge in [-0.1, -0.05) is 6.07 Å². The van der Waals surface area contributed by atoms with E-state index in [2.05, 4.69) is 4.98 Å². The third-order valence-electron chi connectivity index (χ3n) is 2.54. The van der Waals surface area contributed by atoms with Crippen molar-refractivity contribution in [3.05, 3.63) is 65.7 Å². The molecule has 0 aliphatic carbocycles. The zero-order chi connectivity index (χ0) is 13.0. The highest BCUT2D eigenvalue weighted by Gasteiger charge is 2.21. The van der Waals surface area contributed by atoms with E-state index in [-0.39, 0.29) is 5.78 Å². The minimum atomic E-state index is -0.913. The molecule has 0 amide bonds. The van der Waals surface area contributed by atoms with Gasteiger partial charge in [0.1, 0.15) is 11.7 Å². The number of pyridine rings is 1. The fourth-order valence-electron chi connectivity index (χ4n) is 1.61. The summed E-state index contributed by atoms with van der Waals surface area (Å²) in [6.07, 6.45) is 3.05. The lowest BCUT2D eigenvalue weighted by atomic mass is 9.93. The molecule has 0 radical (unpaired) electrons. The van der Waals surface area contributed by atoms with Crippen molar-refractivity contribution in [2.24, 2.45) is 0 Å². The molecule has 4 heteroatoms. The number of ketones is 1. The van der Waals surface area contributed by atoms with E-state index in [0.717, 1.165) is 0 Å². The van der Waals surface area contributed by atoms with Gasteiger partial charge in [0.15, 0.2) is 5.78 Å². The Morgan fingerprint density at radius 3 is 2.56 bits per heavy atom. The second kappa shape index (κ2) is 5.19. The van der Waals surface area contributed by atoms with Crippen LogP contribution in [0, 0.1) is 17.1 Å². The quantitative estimate of drug-likeness (QED) is 0.775. The summed E-state index contributed by atoms with van der Waals surface area (Å²) < 4.78 is 12.8. The van der Waals surface area contributed by atoms with Crippen LogP contribution in [0.2, 0.25) is 0 Å². The van der Waals surface area contributed by atoms with Crippen LogP contribution in [0.25, 0.3) is 0 Å². The summed E-state index contributed by atoms with van der Waals surface area (Å²) in [6, 6.07) is 10.4. The number of Topliss-reactive ketones (excluding diaryl/α,β-unsaturated/α-hetero) is 1. The smallest absolute Gasteiger partial charge is 0.184 e.